The maximum Gasteiger partial charge on any atom is 0.121 e. The van der Waals surface area contributed by atoms with E-state index in [1.165, 1.54) is 5.70 Å². The minimum Gasteiger partial charge on any atom is -0.364 e. The zero-order valence-electron chi connectivity index (χ0n) is 7.04. The van der Waals surface area contributed by atoms with Crippen LogP contribution in [0.3, 0.4) is 0 Å². The Morgan fingerprint density at radius 2 is 2.45 bits per heavy atom. The van der Waals surface area contributed by atoms with E-state index in [1.54, 1.807) is 0 Å². The molecule has 1 aliphatic heterocycles. The van der Waals surface area contributed by atoms with E-state index in [0.29, 0.717) is 0 Å². The quantitative estimate of drug-likeness (QED) is 0.604. The van der Waals surface area contributed by atoms with Crippen molar-refractivity contribution < 1.29 is 0 Å². The Hall–Kier alpha value is -1.18. The van der Waals surface area contributed by atoms with Crippen molar-refractivity contribution in [3.8, 4) is 0 Å². The monoisotopic (exact) mass is 150 g/mol. The van der Waals surface area contributed by atoms with Gasteiger partial charge in [0.05, 0.1) is 0 Å². The molecule has 11 heavy (non-hydrogen) atoms. The first-order valence-electron chi connectivity index (χ1n) is 3.75. The first-order valence-corrected chi connectivity index (χ1v) is 3.75. The van der Waals surface area contributed by atoms with Gasteiger partial charge >= 0.3 is 0 Å². The number of nitrogens with zero attached hydrogens (tertiary/aromatic N) is 1. The molecule has 0 bridgehead atoms. The summed E-state index contributed by atoms with van der Waals surface area (Å²) in [7, 11) is 0. The molecule has 0 aromatic heterocycles. The molecular weight excluding hydrogens is 136 g/mol. The molecule has 60 valence electrons. The van der Waals surface area contributed by atoms with Gasteiger partial charge in [0.2, 0.25) is 0 Å². The van der Waals surface area contributed by atoms with Crippen molar-refractivity contribution in [3.05, 3.63) is 36.8 Å². The van der Waals surface area contributed by atoms with Crippen LogP contribution in [0.15, 0.2) is 36.8 Å². The van der Waals surface area contributed by atoms with Crippen LogP contribution in [-0.2, 0) is 0 Å². The fourth-order valence-electron chi connectivity index (χ4n) is 1.14. The van der Waals surface area contributed by atoms with E-state index in [4.69, 9.17) is 0 Å². The van der Waals surface area contributed by atoms with E-state index >= 15 is 0 Å². The minimum atomic E-state index is 0.228. The maximum atomic E-state index is 3.74. The second kappa shape index (κ2) is 3.28. The van der Waals surface area contributed by atoms with Crippen LogP contribution in [0.2, 0.25) is 0 Å². The van der Waals surface area contributed by atoms with E-state index in [9.17, 15) is 0 Å². The first-order chi connectivity index (χ1) is 5.27. The van der Waals surface area contributed by atoms with E-state index in [1.807, 2.05) is 32.2 Å². The van der Waals surface area contributed by atoms with E-state index in [-0.39, 0.29) is 6.17 Å². The van der Waals surface area contributed by atoms with Gasteiger partial charge in [-0.25, -0.2) is 0 Å². The highest BCUT2D eigenvalue weighted by Gasteiger charge is 2.14. The Labute approximate surface area is 67.9 Å². The average Bonchev–Trinajstić information content (AvgIpc) is 2.32. The van der Waals surface area contributed by atoms with Gasteiger partial charge in [-0.3, -0.25) is 0 Å². The highest BCUT2D eigenvalue weighted by molar-refractivity contribution is 5.12. The number of hydrogen-bond acceptors (Lipinski definition) is 2. The molecule has 1 aliphatic rings. The zero-order chi connectivity index (χ0) is 8.27. The summed E-state index contributed by atoms with van der Waals surface area (Å²) < 4.78 is 0. The third kappa shape index (κ3) is 1.64. The van der Waals surface area contributed by atoms with Gasteiger partial charge in [-0.05, 0) is 19.9 Å². The molecule has 1 heterocycles. The fourth-order valence-corrected chi connectivity index (χ4v) is 1.14. The molecule has 1 N–H and O–H groups in total. The molecule has 1 rings (SSSR count). The zero-order valence-corrected chi connectivity index (χ0v) is 7.04. The summed E-state index contributed by atoms with van der Waals surface area (Å²) in [4.78, 5) is 2.09. The summed E-state index contributed by atoms with van der Waals surface area (Å²) >= 11 is 0. The van der Waals surface area contributed by atoms with Gasteiger partial charge in [-0.1, -0.05) is 12.7 Å². The molecule has 1 unspecified atom stereocenters. The summed E-state index contributed by atoms with van der Waals surface area (Å²) in [6.07, 6.45) is 8.20. The maximum absolute atomic E-state index is 3.74. The molecule has 0 saturated heterocycles. The highest BCUT2D eigenvalue weighted by Crippen LogP contribution is 2.11. The Balaban J connectivity index is 2.68. The molecule has 0 fully saturated rings. The number of nitrogens with one attached hydrogen (secondary N) is 1. The number of hydrogen-bond donors (Lipinski definition) is 1. The highest BCUT2D eigenvalue weighted by atomic mass is 15.3. The predicted molar refractivity (Wildman–Crippen MR) is 47.5 cm³/mol. The van der Waals surface area contributed by atoms with Crippen LogP contribution in [0.25, 0.3) is 0 Å². The summed E-state index contributed by atoms with van der Waals surface area (Å²) in [6.45, 7) is 7.78. The Bertz CT molecular complexity index is 204. The molecule has 2 heteroatoms. The van der Waals surface area contributed by atoms with Crippen molar-refractivity contribution in [3.63, 3.8) is 0 Å². The van der Waals surface area contributed by atoms with E-state index in [2.05, 4.69) is 23.0 Å². The summed E-state index contributed by atoms with van der Waals surface area (Å²) in [5, 5.41) is 3.26. The van der Waals surface area contributed by atoms with Gasteiger partial charge in [0.1, 0.15) is 6.17 Å². The molecule has 0 saturated carbocycles. The second-order valence-corrected chi connectivity index (χ2v) is 2.57. The second-order valence-electron chi connectivity index (χ2n) is 2.57. The molecule has 1 atom stereocenters. The Morgan fingerprint density at radius 1 is 1.73 bits per heavy atom. The van der Waals surface area contributed by atoms with Crippen molar-refractivity contribution in [2.24, 2.45) is 0 Å². The Kier molecular flexibility index (Phi) is 2.36. The van der Waals surface area contributed by atoms with Crippen LogP contribution in [-0.4, -0.2) is 11.1 Å². The van der Waals surface area contributed by atoms with Crippen molar-refractivity contribution in [2.45, 2.75) is 20.0 Å². The SMILES string of the molecule is C=CC1NC(C)=CN1/C=C\C. The third-order valence-electron chi connectivity index (χ3n) is 1.58. The lowest BCUT2D eigenvalue weighted by Crippen LogP contribution is -2.30. The smallest absolute Gasteiger partial charge is 0.121 e. The van der Waals surface area contributed by atoms with Gasteiger partial charge in [0.25, 0.3) is 0 Å². The van der Waals surface area contributed by atoms with Gasteiger partial charge < -0.3 is 10.2 Å². The van der Waals surface area contributed by atoms with Crippen LogP contribution in [0.5, 0.6) is 0 Å². The molecule has 0 spiro atoms. The third-order valence-corrected chi connectivity index (χ3v) is 1.58. The summed E-state index contributed by atoms with van der Waals surface area (Å²) in [5.74, 6) is 0. The largest absolute Gasteiger partial charge is 0.364 e. The van der Waals surface area contributed by atoms with Crippen LogP contribution >= 0.6 is 0 Å². The van der Waals surface area contributed by atoms with Crippen LogP contribution in [0, 0.1) is 0 Å². The van der Waals surface area contributed by atoms with Gasteiger partial charge in [-0.2, -0.15) is 0 Å². The topological polar surface area (TPSA) is 15.3 Å². The van der Waals surface area contributed by atoms with Crippen molar-refractivity contribution in [1.29, 1.82) is 0 Å². The van der Waals surface area contributed by atoms with Crippen LogP contribution in [0.4, 0.5) is 0 Å². The summed E-state index contributed by atoms with van der Waals surface area (Å²) in [5.41, 5.74) is 1.17. The van der Waals surface area contributed by atoms with Crippen molar-refractivity contribution in [1.82, 2.24) is 10.2 Å². The molecule has 0 aliphatic carbocycles. The number of rotatable bonds is 2. The van der Waals surface area contributed by atoms with E-state index < -0.39 is 0 Å². The van der Waals surface area contributed by atoms with Gasteiger partial charge in [0.15, 0.2) is 0 Å². The normalized spacial score (nSPS) is 23.6. The lowest BCUT2D eigenvalue weighted by atomic mass is 10.4. The van der Waals surface area contributed by atoms with Crippen LogP contribution < -0.4 is 5.32 Å². The Morgan fingerprint density at radius 3 is 3.00 bits per heavy atom. The predicted octanol–water partition coefficient (Wildman–Crippen LogP) is 1.80. The molecule has 2 nitrogen and oxygen atoms in total. The average molecular weight is 150 g/mol. The standard InChI is InChI=1S/C9H14N2/c1-4-6-11-7-8(3)10-9(11)5-2/h4-7,9-10H,2H2,1,3H3/b6-4-. The summed E-state index contributed by atoms with van der Waals surface area (Å²) in [6, 6.07) is 0. The van der Waals surface area contributed by atoms with Gasteiger partial charge in [-0.15, -0.1) is 0 Å². The van der Waals surface area contributed by atoms with Gasteiger partial charge in [0, 0.05) is 18.1 Å². The lowest BCUT2D eigenvalue weighted by Gasteiger charge is -2.17. The minimum absolute atomic E-state index is 0.228. The lowest BCUT2D eigenvalue weighted by molar-refractivity contribution is 0.429. The molecular formula is C9H14N2. The molecule has 0 aromatic carbocycles. The fraction of sp³-hybridized carbons (Fsp3) is 0.333. The first kappa shape index (κ1) is 7.92. The van der Waals surface area contributed by atoms with Crippen molar-refractivity contribution in [2.75, 3.05) is 0 Å². The molecule has 0 amide bonds. The molecule has 0 aromatic rings. The van der Waals surface area contributed by atoms with Crippen LogP contribution in [0.1, 0.15) is 13.8 Å². The number of allylic oxidation sites excluding steroid dienone is 2. The van der Waals surface area contributed by atoms with E-state index in [0.717, 1.165) is 0 Å². The molecule has 0 radical (unpaired) electrons. The van der Waals surface area contributed by atoms with Crippen molar-refractivity contribution >= 4 is 0 Å².